The van der Waals surface area contributed by atoms with E-state index in [0.29, 0.717) is 13.0 Å². The van der Waals surface area contributed by atoms with Gasteiger partial charge in [0.25, 0.3) is 0 Å². The Balaban J connectivity index is 2.06. The Morgan fingerprint density at radius 2 is 1.79 bits per heavy atom. The van der Waals surface area contributed by atoms with E-state index >= 15 is 0 Å². The second kappa shape index (κ2) is 9.42. The molecule has 0 atom stereocenters. The highest BCUT2D eigenvalue weighted by molar-refractivity contribution is 5.69. The highest BCUT2D eigenvalue weighted by Gasteiger charge is 2.03. The van der Waals surface area contributed by atoms with Gasteiger partial charge < -0.3 is 10.5 Å². The minimum absolute atomic E-state index is 0.104. The largest absolute Gasteiger partial charge is 0.466 e. The molecule has 0 aliphatic rings. The molecule has 0 unspecified atom stereocenters. The van der Waals surface area contributed by atoms with Crippen LogP contribution in [0.3, 0.4) is 0 Å². The number of benzene rings is 1. The van der Waals surface area contributed by atoms with Gasteiger partial charge in [-0.25, -0.2) is 0 Å². The van der Waals surface area contributed by atoms with Crippen molar-refractivity contribution in [2.45, 2.75) is 51.9 Å². The molecule has 19 heavy (non-hydrogen) atoms. The summed E-state index contributed by atoms with van der Waals surface area (Å²) >= 11 is 0. The lowest BCUT2D eigenvalue weighted by Crippen LogP contribution is -2.07. The van der Waals surface area contributed by atoms with Crippen LogP contribution < -0.4 is 5.73 Å². The van der Waals surface area contributed by atoms with Crippen LogP contribution in [0.5, 0.6) is 0 Å². The van der Waals surface area contributed by atoms with Crippen molar-refractivity contribution in [3.05, 3.63) is 29.8 Å². The first kappa shape index (κ1) is 15.5. The summed E-state index contributed by atoms with van der Waals surface area (Å²) in [5, 5.41) is 0. The minimum Gasteiger partial charge on any atom is -0.466 e. The normalized spacial score (nSPS) is 10.4. The third-order valence-electron chi connectivity index (χ3n) is 3.11. The molecule has 0 aliphatic carbocycles. The molecule has 0 bridgehead atoms. The van der Waals surface area contributed by atoms with Gasteiger partial charge in [0.15, 0.2) is 0 Å². The van der Waals surface area contributed by atoms with Crippen LogP contribution in [0.4, 0.5) is 5.69 Å². The summed E-state index contributed by atoms with van der Waals surface area (Å²) in [7, 11) is 0. The topological polar surface area (TPSA) is 52.3 Å². The highest BCUT2D eigenvalue weighted by Crippen LogP contribution is 2.08. The van der Waals surface area contributed by atoms with Crippen molar-refractivity contribution in [1.82, 2.24) is 0 Å². The molecular formula is C16H25NO2. The lowest BCUT2D eigenvalue weighted by Gasteiger charge is -2.05. The zero-order chi connectivity index (χ0) is 13.9. The fourth-order valence-electron chi connectivity index (χ4n) is 1.89. The maximum absolute atomic E-state index is 11.5. The number of hydrogen-bond acceptors (Lipinski definition) is 3. The van der Waals surface area contributed by atoms with Crippen LogP contribution in [-0.2, 0) is 16.0 Å². The second-order valence-electron chi connectivity index (χ2n) is 4.88. The van der Waals surface area contributed by atoms with Crippen molar-refractivity contribution < 1.29 is 9.53 Å². The molecule has 3 nitrogen and oxygen atoms in total. The first-order valence-electron chi connectivity index (χ1n) is 7.22. The number of hydrogen-bond donors (Lipinski definition) is 1. The molecule has 0 amide bonds. The van der Waals surface area contributed by atoms with Crippen molar-refractivity contribution in [2.75, 3.05) is 12.3 Å². The molecule has 0 radical (unpaired) electrons. The van der Waals surface area contributed by atoms with E-state index < -0.39 is 0 Å². The van der Waals surface area contributed by atoms with Crippen LogP contribution in [0, 0.1) is 0 Å². The first-order chi connectivity index (χ1) is 9.22. The Hall–Kier alpha value is -1.51. The van der Waals surface area contributed by atoms with Crippen LogP contribution in [0.1, 0.15) is 51.0 Å². The predicted octanol–water partition coefficient (Wildman–Crippen LogP) is 3.72. The number of ether oxygens (including phenoxy) is 1. The summed E-state index contributed by atoms with van der Waals surface area (Å²) in [5.74, 6) is -0.104. The minimum atomic E-state index is -0.104. The molecular weight excluding hydrogens is 238 g/mol. The summed E-state index contributed by atoms with van der Waals surface area (Å²) in [6.45, 7) is 2.75. The Kier molecular flexibility index (Phi) is 7.71. The lowest BCUT2D eigenvalue weighted by molar-refractivity contribution is -0.143. The van der Waals surface area contributed by atoms with Crippen molar-refractivity contribution in [3.8, 4) is 0 Å². The lowest BCUT2D eigenvalue weighted by atomic mass is 10.1. The van der Waals surface area contributed by atoms with E-state index in [1.807, 2.05) is 24.3 Å². The van der Waals surface area contributed by atoms with Gasteiger partial charge in [-0.3, -0.25) is 4.79 Å². The number of rotatable bonds is 9. The third-order valence-corrected chi connectivity index (χ3v) is 3.11. The van der Waals surface area contributed by atoms with Gasteiger partial charge in [-0.2, -0.15) is 0 Å². The molecule has 3 heteroatoms. The molecule has 1 aromatic carbocycles. The standard InChI is InChI=1S/C16H25NO2/c1-2-3-4-5-6-13-19-16(18)12-9-14-7-10-15(17)11-8-14/h7-8,10-11H,2-6,9,12-13,17H2,1H3. The van der Waals surface area contributed by atoms with E-state index in [1.165, 1.54) is 19.3 Å². The van der Waals surface area contributed by atoms with Gasteiger partial charge in [0.1, 0.15) is 0 Å². The van der Waals surface area contributed by atoms with Crippen molar-refractivity contribution in [2.24, 2.45) is 0 Å². The van der Waals surface area contributed by atoms with Gasteiger partial charge in [0.2, 0.25) is 0 Å². The number of carbonyl (C=O) groups excluding carboxylic acids is 1. The summed E-state index contributed by atoms with van der Waals surface area (Å²) in [6.07, 6.45) is 7.03. The van der Waals surface area contributed by atoms with Gasteiger partial charge in [-0.1, -0.05) is 44.7 Å². The van der Waals surface area contributed by atoms with E-state index in [-0.39, 0.29) is 5.97 Å². The molecule has 0 heterocycles. The summed E-state index contributed by atoms with van der Waals surface area (Å²) in [5.41, 5.74) is 7.47. The fraction of sp³-hybridized carbons (Fsp3) is 0.562. The van der Waals surface area contributed by atoms with E-state index in [9.17, 15) is 4.79 Å². The molecule has 0 fully saturated rings. The molecule has 0 aromatic heterocycles. The number of nitrogens with two attached hydrogens (primary N) is 1. The third kappa shape index (κ3) is 7.50. The van der Waals surface area contributed by atoms with Gasteiger partial charge in [0.05, 0.1) is 6.61 Å². The zero-order valence-corrected chi connectivity index (χ0v) is 11.9. The highest BCUT2D eigenvalue weighted by atomic mass is 16.5. The summed E-state index contributed by atoms with van der Waals surface area (Å²) in [4.78, 5) is 11.5. The number of carbonyl (C=O) groups is 1. The van der Waals surface area contributed by atoms with E-state index in [4.69, 9.17) is 10.5 Å². The number of aryl methyl sites for hydroxylation is 1. The Morgan fingerprint density at radius 1 is 1.11 bits per heavy atom. The monoisotopic (exact) mass is 263 g/mol. The Labute approximate surface area is 116 Å². The van der Waals surface area contributed by atoms with Gasteiger partial charge >= 0.3 is 5.97 Å². The van der Waals surface area contributed by atoms with Crippen LogP contribution >= 0.6 is 0 Å². The van der Waals surface area contributed by atoms with Crippen molar-refractivity contribution in [1.29, 1.82) is 0 Å². The molecule has 1 aromatic rings. The average Bonchev–Trinajstić information content (AvgIpc) is 2.42. The molecule has 0 aliphatic heterocycles. The van der Waals surface area contributed by atoms with E-state index in [2.05, 4.69) is 6.92 Å². The molecule has 0 saturated carbocycles. The number of esters is 1. The van der Waals surface area contributed by atoms with E-state index in [1.54, 1.807) is 0 Å². The summed E-state index contributed by atoms with van der Waals surface area (Å²) in [6, 6.07) is 7.61. The van der Waals surface area contributed by atoms with Gasteiger partial charge in [-0.05, 0) is 30.5 Å². The smallest absolute Gasteiger partial charge is 0.306 e. The Morgan fingerprint density at radius 3 is 2.47 bits per heavy atom. The molecule has 106 valence electrons. The molecule has 2 N–H and O–H groups in total. The molecule has 0 spiro atoms. The first-order valence-corrected chi connectivity index (χ1v) is 7.22. The summed E-state index contributed by atoms with van der Waals surface area (Å²) < 4.78 is 5.20. The maximum atomic E-state index is 11.5. The maximum Gasteiger partial charge on any atom is 0.306 e. The zero-order valence-electron chi connectivity index (χ0n) is 11.9. The SMILES string of the molecule is CCCCCCCOC(=O)CCc1ccc(N)cc1. The number of nitrogen functional groups attached to an aromatic ring is 1. The van der Waals surface area contributed by atoms with Crippen molar-refractivity contribution >= 4 is 11.7 Å². The quantitative estimate of drug-likeness (QED) is 0.420. The average molecular weight is 263 g/mol. The van der Waals surface area contributed by atoms with Crippen LogP contribution in [0.25, 0.3) is 0 Å². The van der Waals surface area contributed by atoms with Gasteiger partial charge in [-0.15, -0.1) is 0 Å². The predicted molar refractivity (Wildman–Crippen MR) is 78.9 cm³/mol. The number of unbranched alkanes of at least 4 members (excludes halogenated alkanes) is 4. The van der Waals surface area contributed by atoms with Crippen LogP contribution in [0.2, 0.25) is 0 Å². The van der Waals surface area contributed by atoms with Crippen LogP contribution in [-0.4, -0.2) is 12.6 Å². The van der Waals surface area contributed by atoms with Crippen LogP contribution in [0.15, 0.2) is 24.3 Å². The Bertz CT molecular complexity index is 360. The van der Waals surface area contributed by atoms with Gasteiger partial charge in [0, 0.05) is 12.1 Å². The molecule has 1 rings (SSSR count). The van der Waals surface area contributed by atoms with Crippen molar-refractivity contribution in [3.63, 3.8) is 0 Å². The number of anilines is 1. The second-order valence-corrected chi connectivity index (χ2v) is 4.88. The van der Waals surface area contributed by atoms with E-state index in [0.717, 1.165) is 30.5 Å². The fourth-order valence-corrected chi connectivity index (χ4v) is 1.89. The molecule has 0 saturated heterocycles.